The number of amides is 1. The molecule has 4 rings (SSSR count). The van der Waals surface area contributed by atoms with E-state index in [-0.39, 0.29) is 11.8 Å². The fourth-order valence-corrected chi connectivity index (χ4v) is 5.14. The van der Waals surface area contributed by atoms with Crippen molar-refractivity contribution in [3.63, 3.8) is 0 Å². The van der Waals surface area contributed by atoms with E-state index in [1.165, 1.54) is 23.4 Å². The largest absolute Gasteiger partial charge is 0.326 e. The molecule has 1 aromatic carbocycles. The summed E-state index contributed by atoms with van der Waals surface area (Å²) in [7, 11) is 0. The number of anilines is 1. The van der Waals surface area contributed by atoms with E-state index in [0.29, 0.717) is 5.92 Å². The summed E-state index contributed by atoms with van der Waals surface area (Å²) in [5.41, 5.74) is 6.66. The standard InChI is InChI=1S/C30H43N5O/c1-6-7-12-28-33-27-19-22(4)23(5)31-29(27)35(28)16-9-15-34-17-13-24(14-18-34)25-10-8-11-26(20-25)32-30(36)21(2)3/h8,10-11,19-21,24H,6-7,9,12-18H2,1-5H3,(H,32,36). The van der Waals surface area contributed by atoms with Crippen molar-refractivity contribution in [3.8, 4) is 0 Å². The molecule has 1 fully saturated rings. The molecule has 0 bridgehead atoms. The van der Waals surface area contributed by atoms with Crippen molar-refractivity contribution >= 4 is 22.8 Å². The second-order valence-electron chi connectivity index (χ2n) is 10.8. The topological polar surface area (TPSA) is 63.1 Å². The normalized spacial score (nSPS) is 15.2. The fraction of sp³-hybridized carbons (Fsp3) is 0.567. The van der Waals surface area contributed by atoms with Crippen molar-refractivity contribution in [2.24, 2.45) is 5.92 Å². The zero-order chi connectivity index (χ0) is 25.7. The van der Waals surface area contributed by atoms with Crippen LogP contribution in [0.4, 0.5) is 5.69 Å². The number of nitrogens with one attached hydrogen (secondary N) is 1. The molecule has 0 radical (unpaired) electrons. The lowest BCUT2D eigenvalue weighted by Crippen LogP contribution is -2.34. The second kappa shape index (κ2) is 12.0. The number of likely N-dealkylation sites (tertiary alicyclic amines) is 1. The zero-order valence-electron chi connectivity index (χ0n) is 22.8. The quantitative estimate of drug-likeness (QED) is 0.365. The smallest absolute Gasteiger partial charge is 0.226 e. The molecular formula is C30H43N5O. The number of hydrogen-bond acceptors (Lipinski definition) is 4. The van der Waals surface area contributed by atoms with E-state index in [2.05, 4.69) is 59.8 Å². The van der Waals surface area contributed by atoms with Gasteiger partial charge < -0.3 is 14.8 Å². The van der Waals surface area contributed by atoms with Crippen LogP contribution in [-0.2, 0) is 17.8 Å². The monoisotopic (exact) mass is 489 g/mol. The number of fused-ring (bicyclic) bond motifs is 1. The van der Waals surface area contributed by atoms with Crippen LogP contribution < -0.4 is 5.32 Å². The van der Waals surface area contributed by atoms with Gasteiger partial charge in [0.25, 0.3) is 0 Å². The number of imidazole rings is 1. The Morgan fingerprint density at radius 3 is 2.58 bits per heavy atom. The van der Waals surface area contributed by atoms with Crippen molar-refractivity contribution in [3.05, 3.63) is 53.0 Å². The van der Waals surface area contributed by atoms with Gasteiger partial charge in [0.1, 0.15) is 11.3 Å². The lowest BCUT2D eigenvalue weighted by molar-refractivity contribution is -0.118. The number of carbonyl (C=O) groups is 1. The predicted molar refractivity (Wildman–Crippen MR) is 149 cm³/mol. The minimum Gasteiger partial charge on any atom is -0.326 e. The molecule has 0 aliphatic carbocycles. The summed E-state index contributed by atoms with van der Waals surface area (Å²) >= 11 is 0. The van der Waals surface area contributed by atoms with Crippen LogP contribution in [0.25, 0.3) is 11.2 Å². The first-order valence-corrected chi connectivity index (χ1v) is 13.8. The number of pyridine rings is 1. The molecule has 6 nitrogen and oxygen atoms in total. The van der Waals surface area contributed by atoms with E-state index >= 15 is 0 Å². The van der Waals surface area contributed by atoms with Gasteiger partial charge in [-0.05, 0) is 94.4 Å². The van der Waals surface area contributed by atoms with E-state index in [1.54, 1.807) is 0 Å². The maximum atomic E-state index is 12.1. The van der Waals surface area contributed by atoms with Crippen LogP contribution in [-0.4, -0.2) is 45.0 Å². The van der Waals surface area contributed by atoms with Gasteiger partial charge in [0, 0.05) is 30.3 Å². The molecule has 0 atom stereocenters. The number of aromatic nitrogens is 3. The molecule has 1 amide bonds. The fourth-order valence-electron chi connectivity index (χ4n) is 5.14. The second-order valence-corrected chi connectivity index (χ2v) is 10.8. The van der Waals surface area contributed by atoms with Crippen LogP contribution >= 0.6 is 0 Å². The molecule has 194 valence electrons. The minimum atomic E-state index is -0.0103. The third-order valence-corrected chi connectivity index (χ3v) is 7.59. The van der Waals surface area contributed by atoms with Crippen molar-refractivity contribution < 1.29 is 4.79 Å². The molecular weight excluding hydrogens is 446 g/mol. The Kier molecular flexibility index (Phi) is 8.78. The Bertz CT molecular complexity index is 1170. The number of benzene rings is 1. The molecule has 1 aliphatic heterocycles. The van der Waals surface area contributed by atoms with Gasteiger partial charge in [-0.15, -0.1) is 0 Å². The molecule has 1 aliphatic rings. The number of piperidine rings is 1. The summed E-state index contributed by atoms with van der Waals surface area (Å²) in [6.45, 7) is 14.6. The first-order valence-electron chi connectivity index (χ1n) is 13.8. The lowest BCUT2D eigenvalue weighted by Gasteiger charge is -2.32. The first kappa shape index (κ1) is 26.3. The van der Waals surface area contributed by atoms with Gasteiger partial charge in [-0.1, -0.05) is 39.3 Å². The lowest BCUT2D eigenvalue weighted by atomic mass is 9.89. The maximum Gasteiger partial charge on any atom is 0.226 e. The summed E-state index contributed by atoms with van der Waals surface area (Å²) in [5, 5.41) is 3.05. The number of hydrogen-bond donors (Lipinski definition) is 1. The van der Waals surface area contributed by atoms with Gasteiger partial charge >= 0.3 is 0 Å². The van der Waals surface area contributed by atoms with E-state index in [1.807, 2.05) is 19.9 Å². The third kappa shape index (κ3) is 6.33. The highest BCUT2D eigenvalue weighted by molar-refractivity contribution is 5.92. The number of nitrogens with zero attached hydrogens (tertiary/aromatic N) is 4. The predicted octanol–water partition coefficient (Wildman–Crippen LogP) is 6.25. The molecule has 1 N–H and O–H groups in total. The molecule has 0 spiro atoms. The average Bonchev–Trinajstić information content (AvgIpc) is 3.19. The highest BCUT2D eigenvalue weighted by atomic mass is 16.1. The third-order valence-electron chi connectivity index (χ3n) is 7.59. The summed E-state index contributed by atoms with van der Waals surface area (Å²) in [6, 6.07) is 10.6. The minimum absolute atomic E-state index is 0.0103. The van der Waals surface area contributed by atoms with Gasteiger partial charge in [0.15, 0.2) is 5.65 Å². The summed E-state index contributed by atoms with van der Waals surface area (Å²) in [5.74, 6) is 1.81. The molecule has 0 saturated carbocycles. The van der Waals surface area contributed by atoms with Gasteiger partial charge in [0.05, 0.1) is 0 Å². The van der Waals surface area contributed by atoms with Gasteiger partial charge in [0.2, 0.25) is 5.91 Å². The van der Waals surface area contributed by atoms with Crippen LogP contribution in [0.15, 0.2) is 30.3 Å². The highest BCUT2D eigenvalue weighted by Crippen LogP contribution is 2.30. The van der Waals surface area contributed by atoms with Crippen LogP contribution in [0.2, 0.25) is 0 Å². The Morgan fingerprint density at radius 2 is 1.86 bits per heavy atom. The Hall–Kier alpha value is -2.73. The molecule has 3 aromatic rings. The van der Waals surface area contributed by atoms with Gasteiger partial charge in [-0.25, -0.2) is 9.97 Å². The first-order chi connectivity index (χ1) is 17.4. The number of aryl methyl sites for hydroxylation is 4. The Labute approximate surface area is 216 Å². The molecule has 2 aromatic heterocycles. The van der Waals surface area contributed by atoms with E-state index in [0.717, 1.165) is 80.8 Å². The summed E-state index contributed by atoms with van der Waals surface area (Å²) in [4.78, 5) is 24.5. The van der Waals surface area contributed by atoms with Crippen molar-refractivity contribution in [2.45, 2.75) is 85.6 Å². The molecule has 1 saturated heterocycles. The zero-order valence-corrected chi connectivity index (χ0v) is 22.8. The Balaban J connectivity index is 1.33. The van der Waals surface area contributed by atoms with Crippen LogP contribution in [0.3, 0.4) is 0 Å². The number of unbranched alkanes of at least 4 members (excludes halogenated alkanes) is 1. The highest BCUT2D eigenvalue weighted by Gasteiger charge is 2.21. The van der Waals surface area contributed by atoms with Crippen LogP contribution in [0.5, 0.6) is 0 Å². The van der Waals surface area contributed by atoms with Gasteiger partial charge in [-0.3, -0.25) is 4.79 Å². The SMILES string of the molecule is CCCCc1nc2cc(C)c(C)nc2n1CCCN1CCC(c2cccc(NC(=O)C(C)C)c2)CC1. The van der Waals surface area contributed by atoms with Crippen molar-refractivity contribution in [1.82, 2.24) is 19.4 Å². The molecule has 3 heterocycles. The van der Waals surface area contributed by atoms with Crippen LogP contribution in [0, 0.1) is 19.8 Å². The molecule has 0 unspecified atom stereocenters. The van der Waals surface area contributed by atoms with Crippen molar-refractivity contribution in [2.75, 3.05) is 25.0 Å². The van der Waals surface area contributed by atoms with Crippen molar-refractivity contribution in [1.29, 1.82) is 0 Å². The van der Waals surface area contributed by atoms with Gasteiger partial charge in [-0.2, -0.15) is 0 Å². The number of carbonyl (C=O) groups excluding carboxylic acids is 1. The van der Waals surface area contributed by atoms with E-state index in [4.69, 9.17) is 9.97 Å². The Morgan fingerprint density at radius 1 is 1.08 bits per heavy atom. The maximum absolute atomic E-state index is 12.1. The number of rotatable bonds is 10. The summed E-state index contributed by atoms with van der Waals surface area (Å²) < 4.78 is 2.38. The van der Waals surface area contributed by atoms with Crippen LogP contribution in [0.1, 0.15) is 81.4 Å². The van der Waals surface area contributed by atoms with E-state index < -0.39 is 0 Å². The van der Waals surface area contributed by atoms with E-state index in [9.17, 15) is 4.79 Å². The average molecular weight is 490 g/mol. The molecule has 6 heteroatoms. The summed E-state index contributed by atoms with van der Waals surface area (Å²) in [6.07, 6.45) is 6.80. The molecule has 36 heavy (non-hydrogen) atoms.